The average molecular weight is 397 g/mol. The Bertz CT molecular complexity index is 504. The van der Waals surface area contributed by atoms with Crippen molar-refractivity contribution in [3.8, 4) is 0 Å². The molecule has 0 radical (unpaired) electrons. The van der Waals surface area contributed by atoms with E-state index in [1.54, 1.807) is 0 Å². The van der Waals surface area contributed by atoms with Gasteiger partial charge in [-0.2, -0.15) is 0 Å². The Kier molecular flexibility index (Phi) is 8.14. The molecule has 0 bridgehead atoms. The second-order valence-corrected chi connectivity index (χ2v) is 13.5. The Balaban J connectivity index is 2.14. The van der Waals surface area contributed by atoms with E-state index in [9.17, 15) is 9.90 Å². The van der Waals surface area contributed by atoms with Crippen LogP contribution in [0.5, 0.6) is 0 Å². The summed E-state index contributed by atoms with van der Waals surface area (Å²) in [6.07, 6.45) is 9.59. The van der Waals surface area contributed by atoms with Gasteiger partial charge in [0.1, 0.15) is 6.10 Å². The third kappa shape index (κ3) is 5.67. The zero-order chi connectivity index (χ0) is 20.1. The maximum absolute atomic E-state index is 11.8. The number of carbonyl (C=O) groups excluding carboxylic acids is 1. The standard InChI is InChI=1S/C22H40O4Si/c1-6-10-11-13-22(5,24)14-12-17-18-15-21(23)25-19(18)16-20(17)26-27(7-2,8-3)9-4/h12,14,17-20,24H,6-11,13,15-16H2,1-5H3/b14-12+/t17-,18-,19+,20-,22?/m1/s1. The van der Waals surface area contributed by atoms with Crippen molar-refractivity contribution in [2.45, 2.75) is 109 Å². The van der Waals surface area contributed by atoms with Crippen LogP contribution in [0.4, 0.5) is 0 Å². The van der Waals surface area contributed by atoms with Crippen LogP contribution in [0.3, 0.4) is 0 Å². The summed E-state index contributed by atoms with van der Waals surface area (Å²) >= 11 is 0. The van der Waals surface area contributed by atoms with Crippen molar-refractivity contribution in [1.82, 2.24) is 0 Å². The summed E-state index contributed by atoms with van der Waals surface area (Å²) in [6, 6.07) is 3.37. The van der Waals surface area contributed by atoms with Gasteiger partial charge in [0.05, 0.1) is 18.1 Å². The van der Waals surface area contributed by atoms with Crippen molar-refractivity contribution < 1.29 is 19.1 Å². The quantitative estimate of drug-likeness (QED) is 0.225. The minimum absolute atomic E-state index is 0.0144. The van der Waals surface area contributed by atoms with Crippen LogP contribution >= 0.6 is 0 Å². The second-order valence-electron chi connectivity index (χ2n) is 8.78. The molecule has 1 N–H and O–H groups in total. The van der Waals surface area contributed by atoms with Crippen molar-refractivity contribution in [3.05, 3.63) is 12.2 Å². The fourth-order valence-electron chi connectivity index (χ4n) is 4.75. The van der Waals surface area contributed by atoms with Gasteiger partial charge in [0.15, 0.2) is 8.32 Å². The maximum Gasteiger partial charge on any atom is 0.306 e. The van der Waals surface area contributed by atoms with E-state index in [4.69, 9.17) is 9.16 Å². The van der Waals surface area contributed by atoms with Gasteiger partial charge in [0, 0.05) is 18.3 Å². The molecule has 0 spiro atoms. The summed E-state index contributed by atoms with van der Waals surface area (Å²) in [6.45, 7) is 10.8. The Morgan fingerprint density at radius 3 is 2.48 bits per heavy atom. The molecule has 1 unspecified atom stereocenters. The number of carbonyl (C=O) groups is 1. The summed E-state index contributed by atoms with van der Waals surface area (Å²) in [5.74, 6) is 0.277. The molecule has 1 aliphatic heterocycles. The van der Waals surface area contributed by atoms with Crippen LogP contribution in [0, 0.1) is 11.8 Å². The van der Waals surface area contributed by atoms with Crippen LogP contribution < -0.4 is 0 Å². The van der Waals surface area contributed by atoms with Crippen molar-refractivity contribution >= 4 is 14.3 Å². The zero-order valence-electron chi connectivity index (χ0n) is 18.0. The summed E-state index contributed by atoms with van der Waals surface area (Å²) in [5.41, 5.74) is -0.796. The molecule has 1 aliphatic carbocycles. The number of esters is 1. The number of unbranched alkanes of at least 4 members (excludes halogenated alkanes) is 2. The van der Waals surface area contributed by atoms with E-state index in [0.29, 0.717) is 6.42 Å². The van der Waals surface area contributed by atoms with Gasteiger partial charge in [-0.25, -0.2) is 0 Å². The maximum atomic E-state index is 11.8. The van der Waals surface area contributed by atoms with Gasteiger partial charge in [-0.15, -0.1) is 0 Å². The Hall–Kier alpha value is -0.653. The van der Waals surface area contributed by atoms with Gasteiger partial charge in [-0.3, -0.25) is 4.79 Å². The van der Waals surface area contributed by atoms with Gasteiger partial charge in [-0.05, 0) is 31.5 Å². The number of hydrogen-bond acceptors (Lipinski definition) is 4. The predicted molar refractivity (Wildman–Crippen MR) is 112 cm³/mol. The fourth-order valence-corrected chi connectivity index (χ4v) is 7.64. The molecule has 4 nitrogen and oxygen atoms in total. The lowest BCUT2D eigenvalue weighted by molar-refractivity contribution is -0.141. The van der Waals surface area contributed by atoms with Crippen LogP contribution in [-0.4, -0.2) is 37.2 Å². The monoisotopic (exact) mass is 396 g/mol. The van der Waals surface area contributed by atoms with E-state index in [-0.39, 0.29) is 30.0 Å². The van der Waals surface area contributed by atoms with Crippen LogP contribution in [0.1, 0.15) is 73.1 Å². The van der Waals surface area contributed by atoms with Gasteiger partial charge in [-0.1, -0.05) is 59.1 Å². The highest BCUT2D eigenvalue weighted by molar-refractivity contribution is 6.73. The molecule has 0 aromatic rings. The second kappa shape index (κ2) is 9.70. The lowest BCUT2D eigenvalue weighted by atomic mass is 9.89. The third-order valence-electron chi connectivity index (χ3n) is 6.85. The Morgan fingerprint density at radius 1 is 1.22 bits per heavy atom. The molecule has 0 amide bonds. The molecule has 1 heterocycles. The molecular formula is C22H40O4Si. The fraction of sp³-hybridized carbons (Fsp3) is 0.864. The predicted octanol–water partition coefficient (Wildman–Crippen LogP) is 5.22. The minimum Gasteiger partial charge on any atom is -0.462 e. The highest BCUT2D eigenvalue weighted by Gasteiger charge is 2.51. The van der Waals surface area contributed by atoms with Crippen LogP contribution in [-0.2, 0) is 14.0 Å². The van der Waals surface area contributed by atoms with E-state index >= 15 is 0 Å². The highest BCUT2D eigenvalue weighted by atomic mass is 28.4. The van der Waals surface area contributed by atoms with Crippen molar-refractivity contribution in [1.29, 1.82) is 0 Å². The smallest absolute Gasteiger partial charge is 0.306 e. The van der Waals surface area contributed by atoms with Crippen molar-refractivity contribution in [2.75, 3.05) is 0 Å². The third-order valence-corrected chi connectivity index (χ3v) is 11.5. The van der Waals surface area contributed by atoms with Crippen LogP contribution in [0.15, 0.2) is 12.2 Å². The van der Waals surface area contributed by atoms with E-state index in [1.807, 2.05) is 13.0 Å². The first-order valence-corrected chi connectivity index (χ1v) is 13.6. The van der Waals surface area contributed by atoms with E-state index in [0.717, 1.165) is 50.2 Å². The molecule has 2 aliphatic rings. The lowest BCUT2D eigenvalue weighted by Crippen LogP contribution is -2.41. The Morgan fingerprint density at radius 2 is 1.89 bits per heavy atom. The molecule has 27 heavy (non-hydrogen) atoms. The number of ether oxygens (including phenoxy) is 1. The van der Waals surface area contributed by atoms with Crippen molar-refractivity contribution in [3.63, 3.8) is 0 Å². The summed E-state index contributed by atoms with van der Waals surface area (Å²) < 4.78 is 12.4. The average Bonchev–Trinajstić information content (AvgIpc) is 3.13. The van der Waals surface area contributed by atoms with Gasteiger partial charge < -0.3 is 14.3 Å². The van der Waals surface area contributed by atoms with Gasteiger partial charge in [0.2, 0.25) is 0 Å². The summed E-state index contributed by atoms with van der Waals surface area (Å²) in [5, 5.41) is 10.7. The van der Waals surface area contributed by atoms with E-state index < -0.39 is 13.9 Å². The SMILES string of the molecule is CCCCCC(C)(O)/C=C/[C@@H]1[C@H]2CC(=O)O[C@H]2C[C@H]1O[Si](CC)(CC)CC. The topological polar surface area (TPSA) is 55.8 Å². The number of aliphatic hydroxyl groups is 1. The Labute approximate surface area is 166 Å². The largest absolute Gasteiger partial charge is 0.462 e. The van der Waals surface area contributed by atoms with Crippen LogP contribution in [0.2, 0.25) is 18.1 Å². The van der Waals surface area contributed by atoms with E-state index in [1.165, 1.54) is 0 Å². The summed E-state index contributed by atoms with van der Waals surface area (Å²) in [7, 11) is -1.73. The molecule has 1 saturated carbocycles. The highest BCUT2D eigenvalue weighted by Crippen LogP contribution is 2.45. The molecule has 5 atom stereocenters. The number of rotatable bonds is 11. The molecule has 0 aromatic carbocycles. The first kappa shape index (κ1) is 22.6. The normalized spacial score (nSPS) is 30.5. The molecule has 1 saturated heterocycles. The molecule has 2 rings (SSSR count). The summed E-state index contributed by atoms with van der Waals surface area (Å²) in [4.78, 5) is 11.8. The molecule has 2 fully saturated rings. The van der Waals surface area contributed by atoms with Crippen molar-refractivity contribution in [2.24, 2.45) is 11.8 Å². The number of fused-ring (bicyclic) bond motifs is 1. The molecule has 0 aromatic heterocycles. The van der Waals surface area contributed by atoms with Gasteiger partial charge >= 0.3 is 5.97 Å². The number of hydrogen-bond donors (Lipinski definition) is 1. The van der Waals surface area contributed by atoms with Crippen LogP contribution in [0.25, 0.3) is 0 Å². The first-order chi connectivity index (χ1) is 12.8. The first-order valence-electron chi connectivity index (χ1n) is 11.1. The molecule has 156 valence electrons. The molecule has 5 heteroatoms. The minimum atomic E-state index is -1.73. The van der Waals surface area contributed by atoms with Gasteiger partial charge in [0.25, 0.3) is 0 Å². The lowest BCUT2D eigenvalue weighted by Gasteiger charge is -2.34. The van der Waals surface area contributed by atoms with E-state index in [2.05, 4.69) is 33.8 Å². The molecular weight excluding hydrogens is 356 g/mol. The zero-order valence-corrected chi connectivity index (χ0v) is 19.0.